The maximum Gasteiger partial charge on any atom is 0.338 e. The van der Waals surface area contributed by atoms with Gasteiger partial charge in [-0.05, 0) is 80.6 Å². The molecular formula is C29H22N6O7S2. The molecule has 0 fully saturated rings. The Morgan fingerprint density at radius 3 is 2.14 bits per heavy atom. The van der Waals surface area contributed by atoms with Crippen molar-refractivity contribution in [1.29, 1.82) is 0 Å². The first-order chi connectivity index (χ1) is 21.2. The summed E-state index contributed by atoms with van der Waals surface area (Å²) in [7, 11) is -3.90. The zero-order valence-electron chi connectivity index (χ0n) is 23.0. The highest BCUT2D eigenvalue weighted by atomic mass is 32.2. The SMILES string of the molecule is Cc1nnc(NS(=O)(=O)c2ccc(NC(=O)C(C)OC(=O)c3ccc4nc(-c5ccco5)c(-c5ccco5)nc4c3)cc2)s1. The summed E-state index contributed by atoms with van der Waals surface area (Å²) in [5.74, 6) is -0.381. The van der Waals surface area contributed by atoms with Crippen LogP contribution in [0.4, 0.5) is 10.8 Å². The monoisotopic (exact) mass is 630 g/mol. The van der Waals surface area contributed by atoms with E-state index in [0.29, 0.717) is 44.6 Å². The predicted molar refractivity (Wildman–Crippen MR) is 160 cm³/mol. The summed E-state index contributed by atoms with van der Waals surface area (Å²) in [6.07, 6.45) is 1.88. The highest BCUT2D eigenvalue weighted by Gasteiger charge is 2.22. The molecule has 222 valence electrons. The summed E-state index contributed by atoms with van der Waals surface area (Å²) in [5.41, 5.74) is 2.29. The van der Waals surface area contributed by atoms with E-state index in [-0.39, 0.29) is 15.6 Å². The lowest BCUT2D eigenvalue weighted by Crippen LogP contribution is -2.30. The van der Waals surface area contributed by atoms with E-state index >= 15 is 0 Å². The largest absolute Gasteiger partial charge is 0.463 e. The molecule has 0 bridgehead atoms. The number of rotatable bonds is 9. The van der Waals surface area contributed by atoms with E-state index in [0.717, 1.165) is 11.3 Å². The van der Waals surface area contributed by atoms with Gasteiger partial charge in [0.25, 0.3) is 15.9 Å². The van der Waals surface area contributed by atoms with Crippen LogP contribution >= 0.6 is 11.3 Å². The summed E-state index contributed by atoms with van der Waals surface area (Å²) in [5, 5.41) is 10.9. The molecule has 13 nitrogen and oxygen atoms in total. The third-order valence-corrected chi connectivity index (χ3v) is 8.48. The number of carbonyl (C=O) groups excluding carboxylic acids is 2. The van der Waals surface area contributed by atoms with Gasteiger partial charge >= 0.3 is 5.97 Å². The number of aryl methyl sites for hydroxylation is 1. The number of furan rings is 2. The van der Waals surface area contributed by atoms with Crippen molar-refractivity contribution in [3.8, 4) is 22.9 Å². The Hall–Kier alpha value is -5.41. The number of hydrogen-bond donors (Lipinski definition) is 2. The molecule has 15 heteroatoms. The molecule has 0 saturated heterocycles. The number of benzene rings is 2. The summed E-state index contributed by atoms with van der Waals surface area (Å²) < 4.78 is 44.0. The first kappa shape index (κ1) is 28.7. The molecule has 1 unspecified atom stereocenters. The number of ether oxygens (including phenoxy) is 1. The molecule has 1 amide bonds. The van der Waals surface area contributed by atoms with E-state index in [9.17, 15) is 18.0 Å². The second kappa shape index (κ2) is 11.7. The van der Waals surface area contributed by atoms with Crippen LogP contribution in [0.5, 0.6) is 0 Å². The van der Waals surface area contributed by atoms with Crippen LogP contribution in [0.25, 0.3) is 33.9 Å². The normalized spacial score (nSPS) is 12.1. The highest BCUT2D eigenvalue weighted by Crippen LogP contribution is 2.32. The molecular weight excluding hydrogens is 608 g/mol. The van der Waals surface area contributed by atoms with Crippen LogP contribution in [0.1, 0.15) is 22.3 Å². The maximum absolute atomic E-state index is 13.0. The van der Waals surface area contributed by atoms with Crippen molar-refractivity contribution in [3.05, 3.63) is 89.8 Å². The molecule has 4 aromatic heterocycles. The molecule has 6 rings (SSSR count). The summed E-state index contributed by atoms with van der Waals surface area (Å²) in [6.45, 7) is 3.13. The quantitative estimate of drug-likeness (QED) is 0.198. The van der Waals surface area contributed by atoms with E-state index in [4.69, 9.17) is 13.6 Å². The van der Waals surface area contributed by atoms with E-state index in [1.165, 1.54) is 55.8 Å². The molecule has 2 aromatic carbocycles. The van der Waals surface area contributed by atoms with Crippen LogP contribution in [0.2, 0.25) is 0 Å². The molecule has 0 aliphatic heterocycles. The lowest BCUT2D eigenvalue weighted by Gasteiger charge is -2.14. The van der Waals surface area contributed by atoms with Gasteiger partial charge in [0.15, 0.2) is 17.6 Å². The van der Waals surface area contributed by atoms with Gasteiger partial charge in [-0.2, -0.15) is 0 Å². The third-order valence-electron chi connectivity index (χ3n) is 6.24. The number of hydrogen-bond acceptors (Lipinski definition) is 12. The summed E-state index contributed by atoms with van der Waals surface area (Å²) in [4.78, 5) is 35.1. The van der Waals surface area contributed by atoms with E-state index in [1.807, 2.05) is 0 Å². The molecule has 0 saturated carbocycles. The van der Waals surface area contributed by atoms with Crippen LogP contribution in [-0.2, 0) is 19.6 Å². The number of amides is 1. The lowest BCUT2D eigenvalue weighted by atomic mass is 10.1. The van der Waals surface area contributed by atoms with Crippen molar-refractivity contribution in [2.75, 3.05) is 10.0 Å². The third kappa shape index (κ3) is 6.04. The zero-order chi connectivity index (χ0) is 30.8. The number of sulfonamides is 1. The van der Waals surface area contributed by atoms with E-state index in [1.54, 1.807) is 37.3 Å². The van der Waals surface area contributed by atoms with Crippen LogP contribution in [0.15, 0.2) is 93.0 Å². The van der Waals surface area contributed by atoms with Crippen LogP contribution < -0.4 is 10.0 Å². The zero-order valence-corrected chi connectivity index (χ0v) is 24.7. The predicted octanol–water partition coefficient (Wildman–Crippen LogP) is 5.29. The molecule has 44 heavy (non-hydrogen) atoms. The molecule has 6 aromatic rings. The fourth-order valence-corrected chi connectivity index (χ4v) is 5.93. The van der Waals surface area contributed by atoms with E-state index in [2.05, 4.69) is 30.2 Å². The van der Waals surface area contributed by atoms with Gasteiger partial charge in [-0.1, -0.05) is 11.3 Å². The molecule has 0 aliphatic carbocycles. The average Bonchev–Trinajstić information content (AvgIpc) is 3.80. The van der Waals surface area contributed by atoms with Crippen molar-refractivity contribution in [1.82, 2.24) is 20.2 Å². The number of fused-ring (bicyclic) bond motifs is 1. The molecule has 0 aliphatic rings. The van der Waals surface area contributed by atoms with E-state index < -0.39 is 28.0 Å². The average molecular weight is 631 g/mol. The smallest absolute Gasteiger partial charge is 0.338 e. The van der Waals surface area contributed by atoms with Gasteiger partial charge in [0.2, 0.25) is 5.13 Å². The maximum atomic E-state index is 13.0. The molecule has 0 radical (unpaired) electrons. The molecule has 2 N–H and O–H groups in total. The molecule has 1 atom stereocenters. The van der Waals surface area contributed by atoms with Gasteiger partial charge in [0, 0.05) is 5.69 Å². The fraction of sp³-hybridized carbons (Fsp3) is 0.103. The van der Waals surface area contributed by atoms with Gasteiger partial charge in [-0.3, -0.25) is 9.52 Å². The summed E-state index contributed by atoms with van der Waals surface area (Å²) >= 11 is 1.10. The Balaban J connectivity index is 1.14. The number of nitrogens with zero attached hydrogens (tertiary/aromatic N) is 4. The Bertz CT molecular complexity index is 2070. The van der Waals surface area contributed by atoms with Crippen LogP contribution in [-0.4, -0.2) is 46.6 Å². The number of nitrogens with one attached hydrogen (secondary N) is 2. The first-order valence-corrected chi connectivity index (χ1v) is 15.3. The molecule has 4 heterocycles. The second-order valence-corrected chi connectivity index (χ2v) is 12.2. The van der Waals surface area contributed by atoms with Crippen molar-refractivity contribution in [2.24, 2.45) is 0 Å². The minimum Gasteiger partial charge on any atom is -0.463 e. The Morgan fingerprint density at radius 1 is 0.886 bits per heavy atom. The van der Waals surface area contributed by atoms with Crippen molar-refractivity contribution in [2.45, 2.75) is 24.8 Å². The van der Waals surface area contributed by atoms with Gasteiger partial charge in [-0.15, -0.1) is 10.2 Å². The van der Waals surface area contributed by atoms with Gasteiger partial charge in [0.1, 0.15) is 16.4 Å². The lowest BCUT2D eigenvalue weighted by molar-refractivity contribution is -0.123. The first-order valence-electron chi connectivity index (χ1n) is 13.0. The van der Waals surface area contributed by atoms with Crippen molar-refractivity contribution < 1.29 is 31.6 Å². The summed E-state index contributed by atoms with van der Waals surface area (Å²) in [6, 6.07) is 17.1. The Kier molecular flexibility index (Phi) is 7.63. The van der Waals surface area contributed by atoms with Gasteiger partial charge in [-0.25, -0.2) is 23.2 Å². The number of aromatic nitrogens is 4. The second-order valence-electron chi connectivity index (χ2n) is 9.37. The van der Waals surface area contributed by atoms with Gasteiger partial charge in [0.05, 0.1) is 34.0 Å². The fourth-order valence-electron chi connectivity index (χ4n) is 4.11. The topological polar surface area (TPSA) is 179 Å². The van der Waals surface area contributed by atoms with Crippen LogP contribution in [0, 0.1) is 6.92 Å². The van der Waals surface area contributed by atoms with Crippen molar-refractivity contribution >= 4 is 55.1 Å². The highest BCUT2D eigenvalue weighted by molar-refractivity contribution is 7.93. The van der Waals surface area contributed by atoms with Crippen LogP contribution in [0.3, 0.4) is 0 Å². The Morgan fingerprint density at radius 2 is 1.55 bits per heavy atom. The minimum atomic E-state index is -3.90. The minimum absolute atomic E-state index is 0.0336. The van der Waals surface area contributed by atoms with Gasteiger partial charge < -0.3 is 18.9 Å². The number of carbonyl (C=O) groups is 2. The van der Waals surface area contributed by atoms with Crippen molar-refractivity contribution in [3.63, 3.8) is 0 Å². The standard InChI is InChI=1S/C29H22N6O7S2/c1-16(27(36)30-19-8-10-20(11-9-19)44(38,39)35-29-34-33-17(2)43-29)42-28(37)18-7-12-21-22(15-18)32-26(24-6-4-14-41-24)25(31-21)23-5-3-13-40-23/h3-16H,1-2H3,(H,30,36)(H,34,35). The number of anilines is 2. The Labute approximate surface area is 254 Å². The number of esters is 1. The molecule has 0 spiro atoms.